The van der Waals surface area contributed by atoms with E-state index in [0.717, 1.165) is 35.8 Å². The molecule has 1 aliphatic rings. The van der Waals surface area contributed by atoms with Gasteiger partial charge in [0.05, 0.1) is 18.3 Å². The minimum absolute atomic E-state index is 0.0185. The van der Waals surface area contributed by atoms with Crippen LogP contribution in [0.15, 0.2) is 42.5 Å². The molecular formula is C25H34N4O6S. The molecule has 1 heterocycles. The van der Waals surface area contributed by atoms with Crippen molar-refractivity contribution in [3.8, 4) is 5.75 Å². The standard InChI is InChI=1S/C25H34N4O6S/c1-35-24-13-12-22(29(31)32)17-23(24)28(36(2,33)34)16-8-11-25(30)26-18-20-9-4-5-10-21(20)19-27-14-6-3-7-15-27/h4-5,9-10,12-13,17H,3,6-8,11,14-16,18-19H2,1-2H3,(H,26,30). The van der Waals surface area contributed by atoms with Crippen LogP contribution in [0, 0.1) is 10.1 Å². The monoisotopic (exact) mass is 518 g/mol. The third-order valence-corrected chi connectivity index (χ3v) is 7.42. The van der Waals surface area contributed by atoms with E-state index in [1.807, 2.05) is 18.2 Å². The molecule has 0 saturated carbocycles. The highest BCUT2D eigenvalue weighted by Crippen LogP contribution is 2.33. The van der Waals surface area contributed by atoms with Gasteiger partial charge < -0.3 is 10.1 Å². The summed E-state index contributed by atoms with van der Waals surface area (Å²) >= 11 is 0. The van der Waals surface area contributed by atoms with Crippen molar-refractivity contribution in [2.45, 2.75) is 45.2 Å². The molecule has 0 bridgehead atoms. The lowest BCUT2D eigenvalue weighted by molar-refractivity contribution is -0.384. The van der Waals surface area contributed by atoms with Crippen LogP contribution >= 0.6 is 0 Å². The second kappa shape index (κ2) is 12.7. The van der Waals surface area contributed by atoms with Crippen LogP contribution in [-0.2, 0) is 27.9 Å². The fourth-order valence-corrected chi connectivity index (χ4v) is 5.32. The molecule has 2 aromatic rings. The molecule has 3 rings (SSSR count). The Morgan fingerprint density at radius 3 is 2.47 bits per heavy atom. The predicted octanol–water partition coefficient (Wildman–Crippen LogP) is 3.45. The largest absolute Gasteiger partial charge is 0.495 e. The number of nitro groups is 1. The number of hydrogen-bond acceptors (Lipinski definition) is 7. The van der Waals surface area contributed by atoms with Crippen molar-refractivity contribution in [3.05, 3.63) is 63.7 Å². The molecule has 1 fully saturated rings. The summed E-state index contributed by atoms with van der Waals surface area (Å²) in [6.07, 6.45) is 5.07. The highest BCUT2D eigenvalue weighted by atomic mass is 32.2. The fraction of sp³-hybridized carbons (Fsp3) is 0.480. The first-order valence-corrected chi connectivity index (χ1v) is 13.9. The average Bonchev–Trinajstić information content (AvgIpc) is 2.85. The zero-order chi connectivity index (χ0) is 26.1. The number of rotatable bonds is 12. The second-order valence-corrected chi connectivity index (χ2v) is 10.8. The van der Waals surface area contributed by atoms with E-state index >= 15 is 0 Å². The fourth-order valence-electron chi connectivity index (χ4n) is 4.36. The number of carbonyl (C=O) groups is 1. The summed E-state index contributed by atoms with van der Waals surface area (Å²) in [6.45, 7) is 3.42. The Balaban J connectivity index is 1.59. The summed E-state index contributed by atoms with van der Waals surface area (Å²) in [7, 11) is -2.41. The SMILES string of the molecule is COc1ccc([N+](=O)[O-])cc1N(CCCC(=O)NCc1ccccc1CN1CCCCC1)S(C)(=O)=O. The molecule has 1 aliphatic heterocycles. The zero-order valence-electron chi connectivity index (χ0n) is 20.8. The molecule has 0 atom stereocenters. The number of benzene rings is 2. The Bertz CT molecular complexity index is 1160. The number of likely N-dealkylation sites (tertiary alicyclic amines) is 1. The van der Waals surface area contributed by atoms with Gasteiger partial charge in [-0.3, -0.25) is 24.1 Å². The van der Waals surface area contributed by atoms with Crippen molar-refractivity contribution in [2.75, 3.05) is 37.3 Å². The Hall–Kier alpha value is -3.18. The first kappa shape index (κ1) is 27.4. The molecule has 1 saturated heterocycles. The van der Waals surface area contributed by atoms with E-state index in [1.54, 1.807) is 0 Å². The average molecular weight is 519 g/mol. The van der Waals surface area contributed by atoms with E-state index in [0.29, 0.717) is 6.54 Å². The summed E-state index contributed by atoms with van der Waals surface area (Å²) in [5.74, 6) is 0.00280. The van der Waals surface area contributed by atoms with Crippen LogP contribution in [-0.4, -0.2) is 57.1 Å². The summed E-state index contributed by atoms with van der Waals surface area (Å²) in [6, 6.07) is 11.8. The van der Waals surface area contributed by atoms with Gasteiger partial charge in [0, 0.05) is 38.2 Å². The van der Waals surface area contributed by atoms with Crippen molar-refractivity contribution >= 4 is 27.3 Å². The summed E-state index contributed by atoms with van der Waals surface area (Å²) in [4.78, 5) is 25.6. The topological polar surface area (TPSA) is 122 Å². The Kier molecular flexibility index (Phi) is 9.65. The molecule has 196 valence electrons. The number of nitro benzene ring substituents is 1. The molecule has 0 radical (unpaired) electrons. The van der Waals surface area contributed by atoms with Crippen molar-refractivity contribution in [1.82, 2.24) is 10.2 Å². The quantitative estimate of drug-likeness (QED) is 0.337. The van der Waals surface area contributed by atoms with Gasteiger partial charge in [0.25, 0.3) is 5.69 Å². The molecule has 1 N–H and O–H groups in total. The Morgan fingerprint density at radius 2 is 1.83 bits per heavy atom. The Morgan fingerprint density at radius 1 is 1.14 bits per heavy atom. The molecule has 11 heteroatoms. The van der Waals surface area contributed by atoms with Gasteiger partial charge in [0.1, 0.15) is 11.4 Å². The van der Waals surface area contributed by atoms with Gasteiger partial charge in [0.2, 0.25) is 15.9 Å². The van der Waals surface area contributed by atoms with Gasteiger partial charge in [0.15, 0.2) is 0 Å². The molecule has 0 spiro atoms. The van der Waals surface area contributed by atoms with Gasteiger partial charge in [-0.1, -0.05) is 30.7 Å². The first-order chi connectivity index (χ1) is 17.2. The lowest BCUT2D eigenvalue weighted by Gasteiger charge is -2.27. The number of carbonyl (C=O) groups excluding carboxylic acids is 1. The van der Waals surface area contributed by atoms with Gasteiger partial charge in [-0.05, 0) is 49.5 Å². The number of hydrogen-bond donors (Lipinski definition) is 1. The lowest BCUT2D eigenvalue weighted by atomic mass is 10.0. The molecule has 0 aliphatic carbocycles. The van der Waals surface area contributed by atoms with Crippen molar-refractivity contribution < 1.29 is 22.9 Å². The highest BCUT2D eigenvalue weighted by Gasteiger charge is 2.24. The molecule has 0 aromatic heterocycles. The van der Waals surface area contributed by atoms with Crippen LogP contribution in [0.2, 0.25) is 0 Å². The second-order valence-electron chi connectivity index (χ2n) is 8.93. The maximum Gasteiger partial charge on any atom is 0.271 e. The summed E-state index contributed by atoms with van der Waals surface area (Å²) in [5, 5.41) is 14.1. The first-order valence-electron chi connectivity index (χ1n) is 12.0. The minimum Gasteiger partial charge on any atom is -0.495 e. The van der Waals surface area contributed by atoms with E-state index in [1.165, 1.54) is 50.1 Å². The van der Waals surface area contributed by atoms with E-state index in [2.05, 4.69) is 16.3 Å². The summed E-state index contributed by atoms with van der Waals surface area (Å²) in [5.41, 5.74) is 2.08. The molecule has 10 nitrogen and oxygen atoms in total. The van der Waals surface area contributed by atoms with Crippen LogP contribution < -0.4 is 14.4 Å². The normalized spacial score (nSPS) is 14.3. The van der Waals surface area contributed by atoms with Crippen molar-refractivity contribution in [3.63, 3.8) is 0 Å². The van der Waals surface area contributed by atoms with Crippen LogP contribution in [0.5, 0.6) is 5.75 Å². The number of sulfonamides is 1. The number of nitrogens with one attached hydrogen (secondary N) is 1. The smallest absolute Gasteiger partial charge is 0.271 e. The van der Waals surface area contributed by atoms with Gasteiger partial charge in [-0.2, -0.15) is 0 Å². The van der Waals surface area contributed by atoms with E-state index < -0.39 is 14.9 Å². The number of methoxy groups -OCH3 is 1. The molecule has 36 heavy (non-hydrogen) atoms. The van der Waals surface area contributed by atoms with Crippen LogP contribution in [0.1, 0.15) is 43.2 Å². The predicted molar refractivity (Wildman–Crippen MR) is 138 cm³/mol. The van der Waals surface area contributed by atoms with Crippen LogP contribution in [0.3, 0.4) is 0 Å². The molecule has 1 amide bonds. The number of anilines is 1. The lowest BCUT2D eigenvalue weighted by Crippen LogP contribution is -2.32. The van der Waals surface area contributed by atoms with Gasteiger partial charge in [-0.15, -0.1) is 0 Å². The molecule has 2 aromatic carbocycles. The maximum absolute atomic E-state index is 12.5. The van der Waals surface area contributed by atoms with Crippen molar-refractivity contribution in [2.24, 2.45) is 0 Å². The third-order valence-electron chi connectivity index (χ3n) is 6.24. The van der Waals surface area contributed by atoms with Crippen molar-refractivity contribution in [1.29, 1.82) is 0 Å². The number of amides is 1. The van der Waals surface area contributed by atoms with Crippen LogP contribution in [0.25, 0.3) is 0 Å². The van der Waals surface area contributed by atoms with E-state index in [-0.39, 0.29) is 42.4 Å². The van der Waals surface area contributed by atoms with Gasteiger partial charge in [-0.25, -0.2) is 8.42 Å². The zero-order valence-corrected chi connectivity index (χ0v) is 21.6. The van der Waals surface area contributed by atoms with Gasteiger partial charge >= 0.3 is 0 Å². The Labute approximate surface area is 212 Å². The van der Waals surface area contributed by atoms with Crippen LogP contribution in [0.4, 0.5) is 11.4 Å². The number of nitrogens with zero attached hydrogens (tertiary/aromatic N) is 3. The third kappa shape index (κ3) is 7.66. The summed E-state index contributed by atoms with van der Waals surface area (Å²) < 4.78 is 31.2. The maximum atomic E-state index is 12.5. The number of ether oxygens (including phenoxy) is 1. The number of non-ortho nitro benzene ring substituents is 1. The molecular weight excluding hydrogens is 484 g/mol. The molecule has 0 unspecified atom stereocenters. The number of piperidine rings is 1. The van der Waals surface area contributed by atoms with E-state index in [9.17, 15) is 23.3 Å². The highest BCUT2D eigenvalue weighted by molar-refractivity contribution is 7.92. The van der Waals surface area contributed by atoms with E-state index in [4.69, 9.17) is 4.74 Å². The minimum atomic E-state index is -3.77.